The van der Waals surface area contributed by atoms with Gasteiger partial charge in [0.05, 0.1) is 36.9 Å². The molecule has 1 aliphatic rings. The van der Waals surface area contributed by atoms with E-state index in [9.17, 15) is 10.2 Å². The SMILES string of the molecule is OCc1nc2ccccc2n1C[C@H](O)c1ccc2c(c1)OCCCO2. The first-order valence-electron chi connectivity index (χ1n) is 8.39. The minimum atomic E-state index is -0.750. The average molecular weight is 340 g/mol. The molecule has 1 aliphatic heterocycles. The molecule has 0 aliphatic carbocycles. The summed E-state index contributed by atoms with van der Waals surface area (Å²) in [4.78, 5) is 4.42. The van der Waals surface area contributed by atoms with Crippen molar-refractivity contribution in [2.75, 3.05) is 13.2 Å². The van der Waals surface area contributed by atoms with E-state index in [1.165, 1.54) is 0 Å². The summed E-state index contributed by atoms with van der Waals surface area (Å²) in [7, 11) is 0. The molecular weight excluding hydrogens is 320 g/mol. The number of rotatable bonds is 4. The number of ether oxygens (including phenoxy) is 2. The Morgan fingerprint density at radius 2 is 1.88 bits per heavy atom. The Balaban J connectivity index is 1.64. The summed E-state index contributed by atoms with van der Waals surface area (Å²) in [6.45, 7) is 1.36. The maximum atomic E-state index is 10.7. The number of hydrogen-bond donors (Lipinski definition) is 2. The number of para-hydroxylation sites is 2. The summed E-state index contributed by atoms with van der Waals surface area (Å²) < 4.78 is 13.2. The fourth-order valence-corrected chi connectivity index (χ4v) is 3.12. The highest BCUT2D eigenvalue weighted by Crippen LogP contribution is 2.33. The number of fused-ring (bicyclic) bond motifs is 2. The normalized spacial score (nSPS) is 15.1. The van der Waals surface area contributed by atoms with Crippen molar-refractivity contribution in [3.8, 4) is 11.5 Å². The lowest BCUT2D eigenvalue weighted by atomic mass is 10.1. The van der Waals surface area contributed by atoms with Crippen molar-refractivity contribution in [3.63, 3.8) is 0 Å². The predicted octanol–water partition coefficient (Wildman–Crippen LogP) is 2.42. The van der Waals surface area contributed by atoms with Gasteiger partial charge in [0.25, 0.3) is 0 Å². The van der Waals surface area contributed by atoms with Crippen LogP contribution in [-0.2, 0) is 13.2 Å². The predicted molar refractivity (Wildman–Crippen MR) is 92.7 cm³/mol. The van der Waals surface area contributed by atoms with E-state index in [0.717, 1.165) is 23.0 Å². The number of aliphatic hydroxyl groups excluding tert-OH is 2. The van der Waals surface area contributed by atoms with Crippen molar-refractivity contribution in [1.29, 1.82) is 0 Å². The molecule has 2 heterocycles. The summed E-state index contributed by atoms with van der Waals surface area (Å²) in [6.07, 6.45) is 0.0908. The Bertz CT molecular complexity index is 890. The lowest BCUT2D eigenvalue weighted by molar-refractivity contribution is 0.153. The maximum absolute atomic E-state index is 10.7. The molecule has 3 aromatic rings. The van der Waals surface area contributed by atoms with E-state index in [2.05, 4.69) is 4.98 Å². The maximum Gasteiger partial charge on any atom is 0.161 e. The van der Waals surface area contributed by atoms with Crippen LogP contribution in [0.25, 0.3) is 11.0 Å². The highest BCUT2D eigenvalue weighted by Gasteiger charge is 2.18. The molecule has 2 aromatic carbocycles. The van der Waals surface area contributed by atoms with Crippen LogP contribution in [0.1, 0.15) is 23.9 Å². The lowest BCUT2D eigenvalue weighted by Gasteiger charge is -2.16. The third-order valence-corrected chi connectivity index (χ3v) is 4.39. The molecule has 0 fully saturated rings. The monoisotopic (exact) mass is 340 g/mol. The zero-order valence-electron chi connectivity index (χ0n) is 13.8. The van der Waals surface area contributed by atoms with E-state index in [1.54, 1.807) is 0 Å². The second-order valence-corrected chi connectivity index (χ2v) is 6.06. The second-order valence-electron chi connectivity index (χ2n) is 6.06. The molecule has 130 valence electrons. The summed E-state index contributed by atoms with van der Waals surface area (Å²) >= 11 is 0. The van der Waals surface area contributed by atoms with Crippen LogP contribution in [0.4, 0.5) is 0 Å². The Morgan fingerprint density at radius 3 is 2.72 bits per heavy atom. The van der Waals surface area contributed by atoms with Gasteiger partial charge in [-0.15, -0.1) is 0 Å². The Kier molecular flexibility index (Phi) is 4.29. The Morgan fingerprint density at radius 1 is 1.08 bits per heavy atom. The largest absolute Gasteiger partial charge is 0.490 e. The van der Waals surface area contributed by atoms with Crippen LogP contribution in [0.5, 0.6) is 11.5 Å². The molecule has 2 N–H and O–H groups in total. The molecule has 6 nitrogen and oxygen atoms in total. The van der Waals surface area contributed by atoms with Gasteiger partial charge in [-0.3, -0.25) is 0 Å². The van der Waals surface area contributed by atoms with E-state index in [1.807, 2.05) is 47.0 Å². The van der Waals surface area contributed by atoms with Gasteiger partial charge in [0.1, 0.15) is 12.4 Å². The van der Waals surface area contributed by atoms with Gasteiger partial charge in [0.2, 0.25) is 0 Å². The van der Waals surface area contributed by atoms with Gasteiger partial charge in [0.15, 0.2) is 11.5 Å². The van der Waals surface area contributed by atoms with Crippen molar-refractivity contribution < 1.29 is 19.7 Å². The van der Waals surface area contributed by atoms with E-state index in [0.29, 0.717) is 37.1 Å². The fourth-order valence-electron chi connectivity index (χ4n) is 3.12. The summed E-state index contributed by atoms with van der Waals surface area (Å²) in [6, 6.07) is 13.1. The fraction of sp³-hybridized carbons (Fsp3) is 0.316. The van der Waals surface area contributed by atoms with Gasteiger partial charge in [-0.2, -0.15) is 0 Å². The molecular formula is C19H20N2O4. The van der Waals surface area contributed by atoms with Crippen LogP contribution in [0.2, 0.25) is 0 Å². The van der Waals surface area contributed by atoms with Crippen LogP contribution in [0.15, 0.2) is 42.5 Å². The summed E-state index contributed by atoms with van der Waals surface area (Å²) in [5.74, 6) is 1.90. The number of hydrogen-bond acceptors (Lipinski definition) is 5. The molecule has 1 aromatic heterocycles. The number of aliphatic hydroxyl groups is 2. The third-order valence-electron chi connectivity index (χ3n) is 4.39. The summed E-state index contributed by atoms with van der Waals surface area (Å²) in [5, 5.41) is 20.3. The molecule has 4 rings (SSSR count). The number of nitrogens with zero attached hydrogens (tertiary/aromatic N) is 2. The van der Waals surface area contributed by atoms with Crippen LogP contribution < -0.4 is 9.47 Å². The number of imidazole rings is 1. The minimum Gasteiger partial charge on any atom is -0.490 e. The Labute approximate surface area is 145 Å². The van der Waals surface area contributed by atoms with E-state index in [-0.39, 0.29) is 6.61 Å². The number of aromatic nitrogens is 2. The topological polar surface area (TPSA) is 76.7 Å². The first-order chi connectivity index (χ1) is 12.3. The van der Waals surface area contributed by atoms with Crippen LogP contribution >= 0.6 is 0 Å². The van der Waals surface area contributed by atoms with Crippen LogP contribution in [0, 0.1) is 0 Å². The standard InChI is InChI=1S/C19H20N2O4/c22-12-19-20-14-4-1-2-5-15(14)21(19)11-16(23)13-6-7-17-18(10-13)25-9-3-8-24-17/h1-2,4-7,10,16,22-23H,3,8-9,11-12H2/t16-/m0/s1. The molecule has 6 heteroatoms. The first-order valence-corrected chi connectivity index (χ1v) is 8.39. The van der Waals surface area contributed by atoms with E-state index < -0.39 is 6.10 Å². The molecule has 0 saturated heterocycles. The van der Waals surface area contributed by atoms with Gasteiger partial charge in [-0.25, -0.2) is 4.98 Å². The summed E-state index contributed by atoms with van der Waals surface area (Å²) in [5.41, 5.74) is 2.43. The van der Waals surface area contributed by atoms with Gasteiger partial charge >= 0.3 is 0 Å². The molecule has 0 saturated carbocycles. The van der Waals surface area contributed by atoms with Crippen molar-refractivity contribution in [2.45, 2.75) is 25.7 Å². The molecule has 0 bridgehead atoms. The van der Waals surface area contributed by atoms with E-state index >= 15 is 0 Å². The van der Waals surface area contributed by atoms with Gasteiger partial charge in [-0.05, 0) is 29.8 Å². The first kappa shape index (κ1) is 15.9. The molecule has 1 atom stereocenters. The van der Waals surface area contributed by atoms with Gasteiger partial charge in [-0.1, -0.05) is 18.2 Å². The van der Waals surface area contributed by atoms with Gasteiger partial charge in [0, 0.05) is 6.42 Å². The van der Waals surface area contributed by atoms with Crippen molar-refractivity contribution in [1.82, 2.24) is 9.55 Å². The molecule has 0 spiro atoms. The highest BCUT2D eigenvalue weighted by molar-refractivity contribution is 5.75. The van der Waals surface area contributed by atoms with Crippen molar-refractivity contribution in [2.24, 2.45) is 0 Å². The highest BCUT2D eigenvalue weighted by atomic mass is 16.5. The molecule has 0 amide bonds. The second kappa shape index (κ2) is 6.74. The smallest absolute Gasteiger partial charge is 0.161 e. The van der Waals surface area contributed by atoms with Crippen molar-refractivity contribution in [3.05, 3.63) is 53.9 Å². The number of benzene rings is 2. The quantitative estimate of drug-likeness (QED) is 0.763. The van der Waals surface area contributed by atoms with Gasteiger partial charge < -0.3 is 24.3 Å². The Hall–Kier alpha value is -2.57. The zero-order chi connectivity index (χ0) is 17.2. The van der Waals surface area contributed by atoms with Crippen LogP contribution in [0.3, 0.4) is 0 Å². The minimum absolute atomic E-state index is 0.178. The molecule has 0 radical (unpaired) electrons. The van der Waals surface area contributed by atoms with Crippen molar-refractivity contribution >= 4 is 11.0 Å². The third kappa shape index (κ3) is 3.06. The molecule has 25 heavy (non-hydrogen) atoms. The lowest BCUT2D eigenvalue weighted by Crippen LogP contribution is -2.12. The average Bonchev–Trinajstić information content (AvgIpc) is 2.83. The zero-order valence-corrected chi connectivity index (χ0v) is 13.8. The van der Waals surface area contributed by atoms with Crippen LogP contribution in [-0.4, -0.2) is 33.0 Å². The molecule has 0 unspecified atom stereocenters. The van der Waals surface area contributed by atoms with E-state index in [4.69, 9.17) is 9.47 Å².